The second kappa shape index (κ2) is 20.7. The first-order valence-corrected chi connectivity index (χ1v) is 20.2. The Bertz CT molecular complexity index is 322. The zero-order valence-corrected chi connectivity index (χ0v) is 22.9. The number of methoxy groups -OCH3 is 1. The van der Waals surface area contributed by atoms with Gasteiger partial charge in [-0.2, -0.15) is 0 Å². The van der Waals surface area contributed by atoms with Crippen LogP contribution < -0.4 is 0 Å². The molecule has 0 saturated heterocycles. The van der Waals surface area contributed by atoms with Crippen molar-refractivity contribution in [2.75, 3.05) is 13.9 Å². The molecule has 0 aliphatic carbocycles. The van der Waals surface area contributed by atoms with E-state index in [0.717, 1.165) is 6.42 Å². The topological polar surface area (TPSA) is 18.5 Å². The molecule has 0 aromatic rings. The molecule has 1 atom stereocenters. The van der Waals surface area contributed by atoms with Crippen molar-refractivity contribution in [1.29, 1.82) is 0 Å². The van der Waals surface area contributed by atoms with Crippen LogP contribution in [-0.4, -0.2) is 38.4 Å². The molecule has 0 radical (unpaired) electrons. The summed E-state index contributed by atoms with van der Waals surface area (Å²) in [4.78, 5) is 0. The van der Waals surface area contributed by atoms with Gasteiger partial charge in [0.2, 0.25) is 0 Å². The molecule has 2 nitrogen and oxygen atoms in total. The van der Waals surface area contributed by atoms with E-state index >= 15 is 0 Å². The average Bonchev–Trinajstić information content (AvgIpc) is 2.72. The van der Waals surface area contributed by atoms with Gasteiger partial charge in [0.1, 0.15) is 0 Å². The molecule has 0 aliphatic heterocycles. The van der Waals surface area contributed by atoms with Crippen LogP contribution in [0.2, 0.25) is 13.3 Å². The second-order valence-corrected chi connectivity index (χ2v) is 21.7. The molecule has 3 heteroatoms. The van der Waals surface area contributed by atoms with Gasteiger partial charge < -0.3 is 0 Å². The monoisotopic (exact) mass is 504 g/mol. The van der Waals surface area contributed by atoms with Crippen molar-refractivity contribution < 1.29 is 9.47 Å². The summed E-state index contributed by atoms with van der Waals surface area (Å²) in [6, 6.07) is 0. The molecule has 0 saturated carbocycles. The quantitative estimate of drug-likeness (QED) is 0.0887. The van der Waals surface area contributed by atoms with E-state index in [1.165, 1.54) is 90.4 Å². The third-order valence-electron chi connectivity index (χ3n) is 5.99. The fourth-order valence-electron chi connectivity index (χ4n) is 4.04. The molecular formula is C25H52O2Sn. The van der Waals surface area contributed by atoms with Crippen LogP contribution in [0, 0.1) is 0 Å². The Hall–Kier alpha value is 0.459. The molecule has 0 bridgehead atoms. The van der Waals surface area contributed by atoms with Gasteiger partial charge >= 0.3 is 183 Å². The van der Waals surface area contributed by atoms with Crippen LogP contribution in [0.4, 0.5) is 0 Å². The summed E-state index contributed by atoms with van der Waals surface area (Å²) >= 11 is -2.20. The Morgan fingerprint density at radius 1 is 0.679 bits per heavy atom. The molecule has 0 heterocycles. The summed E-state index contributed by atoms with van der Waals surface area (Å²) in [5.74, 6) is 0. The normalized spacial score (nSPS) is 13.5. The predicted octanol–water partition coefficient (Wildman–Crippen LogP) is 8.67. The molecule has 0 amide bonds. The Morgan fingerprint density at radius 2 is 1.18 bits per heavy atom. The van der Waals surface area contributed by atoms with Crippen molar-refractivity contribution in [3.63, 3.8) is 0 Å². The molecule has 168 valence electrons. The molecule has 0 N–H and O–H groups in total. The van der Waals surface area contributed by atoms with E-state index in [1.54, 1.807) is 7.11 Å². The summed E-state index contributed by atoms with van der Waals surface area (Å²) in [6.45, 7) is 9.76. The number of unbranched alkanes of at least 4 members (excludes halogenated alkanes) is 8. The fraction of sp³-hybridized carbons (Fsp3) is 0.920. The second-order valence-electron chi connectivity index (χ2n) is 8.70. The van der Waals surface area contributed by atoms with E-state index < -0.39 is 18.4 Å². The predicted molar refractivity (Wildman–Crippen MR) is 129 cm³/mol. The average molecular weight is 503 g/mol. The van der Waals surface area contributed by atoms with Crippen molar-refractivity contribution in [3.05, 3.63) is 10.2 Å². The molecule has 0 aromatic carbocycles. The van der Waals surface area contributed by atoms with Crippen LogP contribution in [-0.2, 0) is 9.47 Å². The van der Waals surface area contributed by atoms with Crippen LogP contribution in [0.3, 0.4) is 0 Å². The van der Waals surface area contributed by atoms with Crippen molar-refractivity contribution in [2.24, 2.45) is 0 Å². The summed E-state index contributed by atoms with van der Waals surface area (Å²) in [5.41, 5.74) is 0. The maximum atomic E-state index is 6.05. The van der Waals surface area contributed by atoms with E-state index in [1.807, 2.05) is 0 Å². The van der Waals surface area contributed by atoms with E-state index in [2.05, 4.69) is 37.9 Å². The van der Waals surface area contributed by atoms with Crippen LogP contribution in [0.1, 0.15) is 111 Å². The molecule has 0 aromatic heterocycles. The molecule has 0 spiro atoms. The Balaban J connectivity index is 4.93. The molecule has 1 unspecified atom stereocenters. The van der Waals surface area contributed by atoms with Gasteiger partial charge in [0.15, 0.2) is 0 Å². The molecule has 0 fully saturated rings. The molecule has 0 aliphatic rings. The number of ether oxygens (including phenoxy) is 2. The third kappa shape index (κ3) is 15.3. The summed E-state index contributed by atoms with van der Waals surface area (Å²) in [6.07, 6.45) is 20.3. The molecular weight excluding hydrogens is 451 g/mol. The number of rotatable bonds is 21. The minimum atomic E-state index is -2.20. The van der Waals surface area contributed by atoms with Gasteiger partial charge in [-0.15, -0.1) is 0 Å². The van der Waals surface area contributed by atoms with Crippen LogP contribution in [0.25, 0.3) is 0 Å². The summed E-state index contributed by atoms with van der Waals surface area (Å²) < 4.78 is 18.7. The van der Waals surface area contributed by atoms with Crippen molar-refractivity contribution in [3.8, 4) is 0 Å². The van der Waals surface area contributed by atoms with Crippen LogP contribution >= 0.6 is 0 Å². The molecule has 0 rings (SSSR count). The zero-order chi connectivity index (χ0) is 20.9. The summed E-state index contributed by atoms with van der Waals surface area (Å²) in [5, 5.41) is 0. The Kier molecular flexibility index (Phi) is 21.1. The third-order valence-corrected chi connectivity index (χ3v) is 20.1. The van der Waals surface area contributed by atoms with Crippen molar-refractivity contribution >= 4 is 18.4 Å². The van der Waals surface area contributed by atoms with Gasteiger partial charge in [0.05, 0.1) is 0 Å². The standard InChI is InChI=1S/C13H25O2.3C4H9.Sn/c1-4-6-7-8-9-10-11-13(5-2)15-12-14-3;3*1-3-4-2;/h2,5,13H,4,6-12H2,1,3H3;3*1,3-4H2,2H3;. The Labute approximate surface area is 182 Å². The molecule has 28 heavy (non-hydrogen) atoms. The van der Waals surface area contributed by atoms with Gasteiger partial charge in [-0.1, -0.05) is 0 Å². The van der Waals surface area contributed by atoms with E-state index in [0.29, 0.717) is 6.79 Å². The number of hydrogen-bond acceptors (Lipinski definition) is 2. The van der Waals surface area contributed by atoms with E-state index in [4.69, 9.17) is 9.47 Å². The summed E-state index contributed by atoms with van der Waals surface area (Å²) in [7, 11) is 1.73. The first kappa shape index (κ1) is 28.5. The number of hydrogen-bond donors (Lipinski definition) is 0. The van der Waals surface area contributed by atoms with E-state index in [-0.39, 0.29) is 6.10 Å². The van der Waals surface area contributed by atoms with Crippen LogP contribution in [0.5, 0.6) is 0 Å². The van der Waals surface area contributed by atoms with Gasteiger partial charge in [-0.25, -0.2) is 0 Å². The zero-order valence-electron chi connectivity index (χ0n) is 20.1. The first-order valence-electron chi connectivity index (χ1n) is 12.5. The minimum absolute atomic E-state index is 0.257. The van der Waals surface area contributed by atoms with Crippen LogP contribution in [0.15, 0.2) is 10.2 Å². The Morgan fingerprint density at radius 3 is 1.68 bits per heavy atom. The van der Waals surface area contributed by atoms with Gasteiger partial charge in [-0.3, -0.25) is 0 Å². The SMILES string of the molecule is CCCCCCCCC(/C=[CH]\[Sn]([CH2]CCC)([CH2]CCC)[CH2]CCC)OCOC. The van der Waals surface area contributed by atoms with Crippen molar-refractivity contribution in [1.82, 2.24) is 0 Å². The van der Waals surface area contributed by atoms with Gasteiger partial charge in [0, 0.05) is 0 Å². The maximum absolute atomic E-state index is 6.05. The van der Waals surface area contributed by atoms with E-state index in [9.17, 15) is 0 Å². The fourth-order valence-corrected chi connectivity index (χ4v) is 18.4. The van der Waals surface area contributed by atoms with Gasteiger partial charge in [0.25, 0.3) is 0 Å². The van der Waals surface area contributed by atoms with Crippen molar-refractivity contribution in [2.45, 2.75) is 131 Å². The van der Waals surface area contributed by atoms with Gasteiger partial charge in [-0.05, 0) is 0 Å². The first-order chi connectivity index (χ1) is 13.7.